The fourth-order valence-corrected chi connectivity index (χ4v) is 5.75. The Kier molecular flexibility index (Phi) is 6.43. The molecule has 0 unspecified atom stereocenters. The number of rotatable bonds is 6. The predicted molar refractivity (Wildman–Crippen MR) is 129 cm³/mol. The van der Waals surface area contributed by atoms with E-state index in [0.29, 0.717) is 14.4 Å². The van der Waals surface area contributed by atoms with Crippen molar-refractivity contribution in [3.63, 3.8) is 0 Å². The SMILES string of the molecule is Cc1cccc(Cc2cnc(NC(=O)CN3C(=O)/C(=C\c4cccs4)SC3=S)s2)c1. The smallest absolute Gasteiger partial charge is 0.266 e. The Bertz CT molecular complexity index is 1130. The number of benzene rings is 1. The van der Waals surface area contributed by atoms with Gasteiger partial charge in [0.25, 0.3) is 5.91 Å². The highest BCUT2D eigenvalue weighted by molar-refractivity contribution is 8.26. The number of thioether (sulfide) groups is 1. The first-order valence-corrected chi connectivity index (χ1v) is 12.0. The number of thiophene rings is 1. The Labute approximate surface area is 191 Å². The minimum atomic E-state index is -0.319. The van der Waals surface area contributed by atoms with Crippen LogP contribution in [0.15, 0.2) is 52.9 Å². The Balaban J connectivity index is 1.36. The second kappa shape index (κ2) is 9.22. The van der Waals surface area contributed by atoms with E-state index in [1.54, 1.807) is 23.6 Å². The molecule has 30 heavy (non-hydrogen) atoms. The molecule has 1 N–H and O–H groups in total. The highest BCUT2D eigenvalue weighted by atomic mass is 32.2. The number of hydrogen-bond donors (Lipinski definition) is 1. The summed E-state index contributed by atoms with van der Waals surface area (Å²) in [5.41, 5.74) is 2.41. The van der Waals surface area contributed by atoms with Gasteiger partial charge in [-0.1, -0.05) is 59.9 Å². The third kappa shape index (κ3) is 5.04. The van der Waals surface area contributed by atoms with Crippen molar-refractivity contribution in [3.8, 4) is 0 Å². The van der Waals surface area contributed by atoms with Crippen LogP contribution in [0.2, 0.25) is 0 Å². The molecule has 9 heteroatoms. The molecule has 1 aromatic carbocycles. The average Bonchev–Trinajstić information content (AvgIpc) is 3.42. The van der Waals surface area contributed by atoms with Crippen molar-refractivity contribution in [3.05, 3.63) is 73.8 Å². The highest BCUT2D eigenvalue weighted by Gasteiger charge is 2.33. The van der Waals surface area contributed by atoms with Gasteiger partial charge in [0.2, 0.25) is 5.91 Å². The van der Waals surface area contributed by atoms with E-state index in [1.807, 2.05) is 23.6 Å². The fourth-order valence-electron chi connectivity index (χ4n) is 2.91. The first-order chi connectivity index (χ1) is 14.5. The maximum atomic E-state index is 12.6. The third-order valence-electron chi connectivity index (χ3n) is 4.25. The van der Waals surface area contributed by atoms with Crippen LogP contribution < -0.4 is 5.32 Å². The van der Waals surface area contributed by atoms with Gasteiger partial charge < -0.3 is 5.32 Å². The van der Waals surface area contributed by atoms with Crippen LogP contribution in [0.1, 0.15) is 20.9 Å². The van der Waals surface area contributed by atoms with E-state index in [0.717, 1.165) is 16.2 Å². The molecule has 2 amide bonds. The number of hydrogen-bond acceptors (Lipinski definition) is 7. The van der Waals surface area contributed by atoms with Crippen LogP contribution in [0.4, 0.5) is 5.13 Å². The average molecular weight is 472 g/mol. The van der Waals surface area contributed by atoms with Crippen LogP contribution in [-0.2, 0) is 16.0 Å². The van der Waals surface area contributed by atoms with Gasteiger partial charge in [0.1, 0.15) is 10.9 Å². The van der Waals surface area contributed by atoms with Crippen LogP contribution >= 0.6 is 46.7 Å². The summed E-state index contributed by atoms with van der Waals surface area (Å²) in [6, 6.07) is 12.2. The van der Waals surface area contributed by atoms with Gasteiger partial charge in [0.15, 0.2) is 5.13 Å². The minimum absolute atomic E-state index is 0.126. The molecule has 1 aliphatic heterocycles. The van der Waals surface area contributed by atoms with Crippen molar-refractivity contribution in [2.75, 3.05) is 11.9 Å². The Hall–Kier alpha value is -2.33. The summed E-state index contributed by atoms with van der Waals surface area (Å²) < 4.78 is 0.386. The summed E-state index contributed by atoms with van der Waals surface area (Å²) in [6.45, 7) is 1.93. The molecule has 1 aliphatic rings. The number of anilines is 1. The zero-order chi connectivity index (χ0) is 21.1. The quantitative estimate of drug-likeness (QED) is 0.407. The maximum absolute atomic E-state index is 12.6. The largest absolute Gasteiger partial charge is 0.300 e. The molecule has 3 aromatic rings. The summed E-state index contributed by atoms with van der Waals surface area (Å²) in [6.07, 6.45) is 4.34. The van der Waals surface area contributed by atoms with Crippen molar-refractivity contribution in [1.29, 1.82) is 0 Å². The number of aromatic nitrogens is 1. The zero-order valence-electron chi connectivity index (χ0n) is 16.0. The molecular weight excluding hydrogens is 455 g/mol. The van der Waals surface area contributed by atoms with Gasteiger partial charge in [0, 0.05) is 22.4 Å². The van der Waals surface area contributed by atoms with E-state index < -0.39 is 0 Å². The van der Waals surface area contributed by atoms with Gasteiger partial charge in [0.05, 0.1) is 4.91 Å². The molecule has 0 spiro atoms. The topological polar surface area (TPSA) is 62.3 Å². The van der Waals surface area contributed by atoms with Crippen LogP contribution in [-0.4, -0.2) is 32.6 Å². The molecule has 0 aliphatic carbocycles. The third-order valence-corrected chi connectivity index (χ3v) is 7.36. The Morgan fingerprint density at radius 3 is 2.93 bits per heavy atom. The first-order valence-electron chi connectivity index (χ1n) is 9.07. The molecule has 3 heterocycles. The van der Waals surface area contributed by atoms with Crippen molar-refractivity contribution in [2.24, 2.45) is 0 Å². The molecule has 1 saturated heterocycles. The molecule has 152 valence electrons. The zero-order valence-corrected chi connectivity index (χ0v) is 19.2. The molecule has 0 saturated carbocycles. The molecular formula is C21H17N3O2S4. The summed E-state index contributed by atoms with van der Waals surface area (Å²) in [7, 11) is 0. The molecule has 0 radical (unpaired) electrons. The number of amides is 2. The van der Waals surface area contributed by atoms with Gasteiger partial charge in [-0.3, -0.25) is 14.5 Å². The van der Waals surface area contributed by atoms with Crippen LogP contribution in [0.25, 0.3) is 6.08 Å². The van der Waals surface area contributed by atoms with Crippen molar-refractivity contribution in [1.82, 2.24) is 9.88 Å². The van der Waals surface area contributed by atoms with E-state index in [1.165, 1.54) is 39.1 Å². The number of thiocarbonyl (C=S) groups is 1. The van der Waals surface area contributed by atoms with Crippen LogP contribution in [0, 0.1) is 6.92 Å². The number of aryl methyl sites for hydroxylation is 1. The van der Waals surface area contributed by atoms with Crippen molar-refractivity contribution >= 4 is 74.0 Å². The van der Waals surface area contributed by atoms with E-state index in [9.17, 15) is 9.59 Å². The lowest BCUT2D eigenvalue weighted by Crippen LogP contribution is -2.36. The molecule has 5 nitrogen and oxygen atoms in total. The normalized spacial score (nSPS) is 15.2. The molecule has 0 bridgehead atoms. The van der Waals surface area contributed by atoms with Gasteiger partial charge in [-0.25, -0.2) is 4.98 Å². The summed E-state index contributed by atoms with van der Waals surface area (Å²) >= 11 is 9.49. The number of carbonyl (C=O) groups excluding carboxylic acids is 2. The predicted octanol–water partition coefficient (Wildman–Crippen LogP) is 4.94. The van der Waals surface area contributed by atoms with Gasteiger partial charge in [-0.05, 0) is 30.0 Å². The van der Waals surface area contributed by atoms with Gasteiger partial charge >= 0.3 is 0 Å². The number of carbonyl (C=O) groups is 2. The summed E-state index contributed by atoms with van der Waals surface area (Å²) in [5, 5.41) is 5.24. The first kappa shape index (κ1) is 20.9. The second-order valence-electron chi connectivity index (χ2n) is 6.63. The van der Waals surface area contributed by atoms with E-state index in [4.69, 9.17) is 12.2 Å². The summed E-state index contributed by atoms with van der Waals surface area (Å²) in [4.78, 5) is 33.3. The summed E-state index contributed by atoms with van der Waals surface area (Å²) in [5.74, 6) is -0.562. The molecule has 1 fully saturated rings. The van der Waals surface area contributed by atoms with Gasteiger partial charge in [-0.2, -0.15) is 0 Å². The van der Waals surface area contributed by atoms with E-state index in [-0.39, 0.29) is 18.4 Å². The number of nitrogens with one attached hydrogen (secondary N) is 1. The van der Waals surface area contributed by atoms with Gasteiger partial charge in [-0.15, -0.1) is 22.7 Å². The number of nitrogens with zero attached hydrogens (tertiary/aromatic N) is 2. The second-order valence-corrected chi connectivity index (χ2v) is 10.4. The standard InChI is InChI=1S/C21H17N3O2S4/c1-13-4-2-5-14(8-13)9-16-11-22-20(29-16)23-18(25)12-24-19(26)17(30-21(24)27)10-15-6-3-7-28-15/h2-8,10-11H,9,12H2,1H3,(H,22,23,25)/b17-10+. The van der Waals surface area contributed by atoms with E-state index in [2.05, 4.69) is 35.4 Å². The van der Waals surface area contributed by atoms with Crippen molar-refractivity contribution in [2.45, 2.75) is 13.3 Å². The maximum Gasteiger partial charge on any atom is 0.266 e. The van der Waals surface area contributed by atoms with E-state index >= 15 is 0 Å². The monoisotopic (exact) mass is 471 g/mol. The molecule has 2 aromatic heterocycles. The lowest BCUT2D eigenvalue weighted by atomic mass is 10.1. The minimum Gasteiger partial charge on any atom is -0.300 e. The molecule has 4 rings (SSSR count). The lowest BCUT2D eigenvalue weighted by molar-refractivity contribution is -0.126. The Morgan fingerprint density at radius 2 is 2.17 bits per heavy atom. The lowest BCUT2D eigenvalue weighted by Gasteiger charge is -2.13. The van der Waals surface area contributed by atoms with Crippen LogP contribution in [0.5, 0.6) is 0 Å². The van der Waals surface area contributed by atoms with Crippen molar-refractivity contribution < 1.29 is 9.59 Å². The Morgan fingerprint density at radius 1 is 1.30 bits per heavy atom. The molecule has 0 atom stereocenters. The van der Waals surface area contributed by atoms with Crippen LogP contribution in [0.3, 0.4) is 0 Å². The number of thiazole rings is 1. The fraction of sp³-hybridized carbons (Fsp3) is 0.143. The highest BCUT2D eigenvalue weighted by Crippen LogP contribution is 2.33.